The van der Waals surface area contributed by atoms with Gasteiger partial charge >= 0.3 is 0 Å². The average molecular weight is 195 g/mol. The second kappa shape index (κ2) is 4.26. The van der Waals surface area contributed by atoms with Crippen molar-refractivity contribution in [2.75, 3.05) is 26.2 Å². The van der Waals surface area contributed by atoms with Gasteiger partial charge in [0, 0.05) is 25.0 Å². The van der Waals surface area contributed by atoms with Gasteiger partial charge in [0.15, 0.2) is 0 Å². The van der Waals surface area contributed by atoms with E-state index in [9.17, 15) is 5.11 Å². The molecular weight excluding hydrogens is 178 g/mol. The molecule has 0 aromatic rings. The summed E-state index contributed by atoms with van der Waals surface area (Å²) in [5.41, 5.74) is 0. The quantitative estimate of drug-likeness (QED) is 0.595. The molecule has 2 N–H and O–H groups in total. The molecule has 4 heteroatoms. The van der Waals surface area contributed by atoms with Gasteiger partial charge in [-0.2, -0.15) is 5.26 Å². The van der Waals surface area contributed by atoms with Crippen LogP contribution in [-0.4, -0.2) is 48.3 Å². The first-order valence-corrected chi connectivity index (χ1v) is 5.33. The minimum absolute atomic E-state index is 0.228. The first kappa shape index (κ1) is 9.91. The summed E-state index contributed by atoms with van der Waals surface area (Å²) >= 11 is 0. The smallest absolute Gasteiger partial charge is 0.0831 e. The van der Waals surface area contributed by atoms with E-state index in [0.29, 0.717) is 6.54 Å². The van der Waals surface area contributed by atoms with Gasteiger partial charge in [0.2, 0.25) is 0 Å². The Morgan fingerprint density at radius 2 is 2.00 bits per heavy atom. The second-order valence-corrected chi connectivity index (χ2v) is 4.23. The zero-order chi connectivity index (χ0) is 9.97. The Labute approximate surface area is 84.5 Å². The van der Waals surface area contributed by atoms with Gasteiger partial charge in [-0.25, -0.2) is 0 Å². The van der Waals surface area contributed by atoms with Gasteiger partial charge in [-0.15, -0.1) is 0 Å². The number of rotatable bonds is 1. The fourth-order valence-electron chi connectivity index (χ4n) is 2.38. The molecule has 4 nitrogen and oxygen atoms in total. The van der Waals surface area contributed by atoms with Crippen LogP contribution in [0.1, 0.15) is 12.8 Å². The number of nitrogens with zero attached hydrogens (tertiary/aromatic N) is 2. The molecule has 78 valence electrons. The van der Waals surface area contributed by atoms with Crippen molar-refractivity contribution in [2.24, 2.45) is 5.92 Å². The third-order valence-electron chi connectivity index (χ3n) is 3.33. The highest BCUT2D eigenvalue weighted by Gasteiger charge is 2.32. The summed E-state index contributed by atoms with van der Waals surface area (Å²) < 4.78 is 0. The third kappa shape index (κ3) is 1.90. The largest absolute Gasteiger partial charge is 0.390 e. The second-order valence-electron chi connectivity index (χ2n) is 4.23. The van der Waals surface area contributed by atoms with Crippen molar-refractivity contribution in [1.82, 2.24) is 10.2 Å². The molecule has 0 saturated carbocycles. The lowest BCUT2D eigenvalue weighted by Crippen LogP contribution is -2.47. The van der Waals surface area contributed by atoms with E-state index >= 15 is 0 Å². The summed E-state index contributed by atoms with van der Waals surface area (Å²) in [7, 11) is 0. The maximum Gasteiger partial charge on any atom is 0.0831 e. The molecule has 2 atom stereocenters. The van der Waals surface area contributed by atoms with Crippen molar-refractivity contribution >= 4 is 0 Å². The molecule has 2 saturated heterocycles. The Bertz CT molecular complexity index is 230. The van der Waals surface area contributed by atoms with Crippen LogP contribution in [0.2, 0.25) is 0 Å². The summed E-state index contributed by atoms with van der Waals surface area (Å²) in [6.45, 7) is 3.52. The van der Waals surface area contributed by atoms with E-state index in [4.69, 9.17) is 5.26 Å². The van der Waals surface area contributed by atoms with Crippen LogP contribution >= 0.6 is 0 Å². The number of aliphatic hydroxyl groups excluding tert-OH is 1. The van der Waals surface area contributed by atoms with E-state index in [-0.39, 0.29) is 18.1 Å². The van der Waals surface area contributed by atoms with Crippen molar-refractivity contribution in [3.05, 3.63) is 0 Å². The molecule has 0 aromatic heterocycles. The molecule has 0 spiro atoms. The molecule has 2 heterocycles. The summed E-state index contributed by atoms with van der Waals surface area (Å²) in [5, 5.41) is 21.6. The SMILES string of the molecule is N#CC1CCN([C@@H]2CNC[C@H]2O)CC1. The van der Waals surface area contributed by atoms with Gasteiger partial charge in [-0.1, -0.05) is 0 Å². The highest BCUT2D eigenvalue weighted by Crippen LogP contribution is 2.20. The van der Waals surface area contributed by atoms with E-state index in [1.54, 1.807) is 0 Å². The maximum atomic E-state index is 9.70. The Hall–Kier alpha value is -0.630. The van der Waals surface area contributed by atoms with Crippen LogP contribution in [0.25, 0.3) is 0 Å². The van der Waals surface area contributed by atoms with Crippen LogP contribution in [0, 0.1) is 17.2 Å². The molecule has 2 rings (SSSR count). The number of hydrogen-bond acceptors (Lipinski definition) is 4. The minimum atomic E-state index is -0.228. The highest BCUT2D eigenvalue weighted by atomic mass is 16.3. The minimum Gasteiger partial charge on any atom is -0.390 e. The van der Waals surface area contributed by atoms with Gasteiger partial charge in [0.05, 0.1) is 12.2 Å². The van der Waals surface area contributed by atoms with Gasteiger partial charge in [-0.05, 0) is 25.9 Å². The van der Waals surface area contributed by atoms with Crippen molar-refractivity contribution in [3.63, 3.8) is 0 Å². The fourth-order valence-corrected chi connectivity index (χ4v) is 2.38. The van der Waals surface area contributed by atoms with Crippen molar-refractivity contribution in [3.8, 4) is 6.07 Å². The molecule has 0 bridgehead atoms. The lowest BCUT2D eigenvalue weighted by Gasteiger charge is -2.34. The van der Waals surface area contributed by atoms with Crippen molar-refractivity contribution < 1.29 is 5.11 Å². The zero-order valence-electron chi connectivity index (χ0n) is 8.32. The van der Waals surface area contributed by atoms with Crippen molar-refractivity contribution in [2.45, 2.75) is 25.0 Å². The zero-order valence-corrected chi connectivity index (χ0v) is 8.32. The molecule has 0 aliphatic carbocycles. The predicted molar refractivity (Wildman–Crippen MR) is 52.6 cm³/mol. The molecule has 14 heavy (non-hydrogen) atoms. The lowest BCUT2D eigenvalue weighted by molar-refractivity contribution is 0.0644. The van der Waals surface area contributed by atoms with Crippen LogP contribution in [0.3, 0.4) is 0 Å². The standard InChI is InChI=1S/C10H17N3O/c11-5-8-1-3-13(4-2-8)9-6-12-7-10(9)14/h8-10,12,14H,1-4,6-7H2/t9-,10-/m1/s1. The molecule has 0 unspecified atom stereocenters. The van der Waals surface area contributed by atoms with Crippen LogP contribution < -0.4 is 5.32 Å². The Kier molecular flexibility index (Phi) is 3.02. The predicted octanol–water partition coefficient (Wildman–Crippen LogP) is -0.445. The van der Waals surface area contributed by atoms with Crippen LogP contribution in [-0.2, 0) is 0 Å². The Balaban J connectivity index is 1.86. The van der Waals surface area contributed by atoms with Crippen LogP contribution in [0.15, 0.2) is 0 Å². The Morgan fingerprint density at radius 3 is 2.50 bits per heavy atom. The fraction of sp³-hybridized carbons (Fsp3) is 0.900. The van der Waals surface area contributed by atoms with E-state index in [1.807, 2.05) is 0 Å². The number of aliphatic hydroxyl groups is 1. The van der Waals surface area contributed by atoms with Crippen LogP contribution in [0.5, 0.6) is 0 Å². The lowest BCUT2D eigenvalue weighted by atomic mass is 9.97. The van der Waals surface area contributed by atoms with Gasteiger partial charge in [0.25, 0.3) is 0 Å². The first-order chi connectivity index (χ1) is 6.81. The van der Waals surface area contributed by atoms with E-state index in [2.05, 4.69) is 16.3 Å². The number of nitriles is 1. The third-order valence-corrected chi connectivity index (χ3v) is 3.33. The molecule has 0 amide bonds. The van der Waals surface area contributed by atoms with Crippen molar-refractivity contribution in [1.29, 1.82) is 5.26 Å². The molecule has 2 fully saturated rings. The molecule has 2 aliphatic heterocycles. The first-order valence-electron chi connectivity index (χ1n) is 5.33. The number of piperidine rings is 1. The summed E-state index contributed by atoms with van der Waals surface area (Å²) in [6, 6.07) is 2.59. The molecular formula is C10H17N3O. The molecule has 0 aromatic carbocycles. The number of hydrogen-bond donors (Lipinski definition) is 2. The van der Waals surface area contributed by atoms with Gasteiger partial charge < -0.3 is 10.4 Å². The number of β-amino-alcohol motifs (C(OH)–C–C–N with tert-alkyl or cyclic N) is 1. The Morgan fingerprint density at radius 1 is 1.29 bits per heavy atom. The highest BCUT2D eigenvalue weighted by molar-refractivity contribution is 4.93. The van der Waals surface area contributed by atoms with E-state index in [0.717, 1.165) is 32.5 Å². The van der Waals surface area contributed by atoms with E-state index < -0.39 is 0 Å². The summed E-state index contributed by atoms with van der Waals surface area (Å²) in [4.78, 5) is 2.32. The molecule has 2 aliphatic rings. The maximum absolute atomic E-state index is 9.70. The monoisotopic (exact) mass is 195 g/mol. The molecule has 0 radical (unpaired) electrons. The normalized spacial score (nSPS) is 35.7. The average Bonchev–Trinajstić information content (AvgIpc) is 2.65. The van der Waals surface area contributed by atoms with Gasteiger partial charge in [-0.3, -0.25) is 4.90 Å². The summed E-state index contributed by atoms with van der Waals surface area (Å²) in [5.74, 6) is 0.234. The summed E-state index contributed by atoms with van der Waals surface area (Å²) in [6.07, 6.45) is 1.69. The van der Waals surface area contributed by atoms with Crippen LogP contribution in [0.4, 0.5) is 0 Å². The topological polar surface area (TPSA) is 59.3 Å². The van der Waals surface area contributed by atoms with E-state index in [1.165, 1.54) is 0 Å². The number of likely N-dealkylation sites (tertiary alicyclic amines) is 1. The number of nitrogens with one attached hydrogen (secondary N) is 1. The van der Waals surface area contributed by atoms with Gasteiger partial charge in [0.1, 0.15) is 0 Å².